The fraction of sp³-hybridized carbons (Fsp3) is 0.500. The molecule has 1 aliphatic rings. The number of halogens is 1. The number of hydrogen-bond donors (Lipinski definition) is 1. The Morgan fingerprint density at radius 2 is 2.30 bits per heavy atom. The molecule has 0 radical (unpaired) electrons. The molecule has 20 heavy (non-hydrogen) atoms. The first kappa shape index (κ1) is 14.8. The van der Waals surface area contributed by atoms with Crippen LogP contribution in [0.15, 0.2) is 18.2 Å². The second-order valence-corrected chi connectivity index (χ2v) is 5.50. The van der Waals surface area contributed by atoms with E-state index in [1.54, 1.807) is 6.07 Å². The molecule has 1 aromatic carbocycles. The van der Waals surface area contributed by atoms with Crippen molar-refractivity contribution in [3.05, 3.63) is 29.6 Å². The van der Waals surface area contributed by atoms with E-state index < -0.39 is 0 Å². The van der Waals surface area contributed by atoms with Crippen molar-refractivity contribution in [3.8, 4) is 17.6 Å². The Labute approximate surface area is 119 Å². The molecular formula is C16H20FNO2. The van der Waals surface area contributed by atoms with Crippen molar-refractivity contribution in [2.75, 3.05) is 13.2 Å². The average Bonchev–Trinajstić information content (AvgIpc) is 2.75. The molecule has 1 saturated heterocycles. The molecule has 2 N–H and O–H groups in total. The molecule has 4 heteroatoms. The molecule has 1 atom stereocenters. The monoisotopic (exact) mass is 277 g/mol. The molecule has 2 rings (SSSR count). The van der Waals surface area contributed by atoms with Gasteiger partial charge in [-0.15, -0.1) is 0 Å². The summed E-state index contributed by atoms with van der Waals surface area (Å²) in [5.41, 5.74) is 5.90. The van der Waals surface area contributed by atoms with E-state index in [0.29, 0.717) is 17.9 Å². The van der Waals surface area contributed by atoms with Gasteiger partial charge in [-0.05, 0) is 38.8 Å². The maximum absolute atomic E-state index is 13.3. The van der Waals surface area contributed by atoms with Crippen LogP contribution in [-0.2, 0) is 4.74 Å². The standard InChI is InChI=1S/C16H20FNO2/c1-16(2)8-7-14(20-16)11-19-15-10-13(17)6-5-12(15)4-3-9-18/h5-6,10,14H,7-9,11,18H2,1-2H3. The summed E-state index contributed by atoms with van der Waals surface area (Å²) in [6.45, 7) is 4.79. The molecule has 1 aliphatic heterocycles. The van der Waals surface area contributed by atoms with Crippen LogP contribution in [0.1, 0.15) is 32.3 Å². The number of hydrogen-bond acceptors (Lipinski definition) is 3. The molecule has 0 bridgehead atoms. The molecule has 0 spiro atoms. The van der Waals surface area contributed by atoms with Crippen LogP contribution < -0.4 is 10.5 Å². The van der Waals surface area contributed by atoms with Crippen molar-refractivity contribution in [1.82, 2.24) is 0 Å². The van der Waals surface area contributed by atoms with E-state index in [1.165, 1.54) is 12.1 Å². The van der Waals surface area contributed by atoms with Crippen LogP contribution in [0.3, 0.4) is 0 Å². The lowest BCUT2D eigenvalue weighted by molar-refractivity contribution is -0.0327. The Kier molecular flexibility index (Phi) is 4.64. The Hall–Kier alpha value is -1.57. The number of rotatable bonds is 3. The Balaban J connectivity index is 2.03. The largest absolute Gasteiger partial charge is 0.489 e. The molecule has 1 unspecified atom stereocenters. The van der Waals surface area contributed by atoms with Gasteiger partial charge in [-0.3, -0.25) is 0 Å². The van der Waals surface area contributed by atoms with E-state index in [2.05, 4.69) is 25.7 Å². The SMILES string of the molecule is CC1(C)CCC(COc2cc(F)ccc2C#CCN)O1. The zero-order valence-electron chi connectivity index (χ0n) is 11.9. The molecule has 108 valence electrons. The molecule has 0 amide bonds. The van der Waals surface area contributed by atoms with Crippen LogP contribution in [-0.4, -0.2) is 24.9 Å². The molecule has 0 aliphatic carbocycles. The quantitative estimate of drug-likeness (QED) is 0.863. The number of benzene rings is 1. The van der Waals surface area contributed by atoms with Gasteiger partial charge in [-0.25, -0.2) is 4.39 Å². The first-order valence-electron chi connectivity index (χ1n) is 6.79. The maximum atomic E-state index is 13.3. The molecule has 0 aromatic heterocycles. The molecule has 1 aromatic rings. The van der Waals surface area contributed by atoms with Gasteiger partial charge in [0, 0.05) is 6.07 Å². The normalized spacial score (nSPS) is 20.3. The lowest BCUT2D eigenvalue weighted by atomic mass is 10.1. The summed E-state index contributed by atoms with van der Waals surface area (Å²) in [5.74, 6) is 5.74. The third kappa shape index (κ3) is 3.96. The summed E-state index contributed by atoms with van der Waals surface area (Å²) in [4.78, 5) is 0. The van der Waals surface area contributed by atoms with Crippen molar-refractivity contribution in [2.45, 2.75) is 38.4 Å². The van der Waals surface area contributed by atoms with Crippen molar-refractivity contribution < 1.29 is 13.9 Å². The molecular weight excluding hydrogens is 257 g/mol. The molecule has 1 fully saturated rings. The Bertz CT molecular complexity index is 531. The van der Waals surface area contributed by atoms with Crippen molar-refractivity contribution in [2.24, 2.45) is 5.73 Å². The van der Waals surface area contributed by atoms with Crippen LogP contribution >= 0.6 is 0 Å². The van der Waals surface area contributed by atoms with Crippen LogP contribution in [0, 0.1) is 17.7 Å². The van der Waals surface area contributed by atoms with E-state index >= 15 is 0 Å². The first-order valence-corrected chi connectivity index (χ1v) is 6.79. The van der Waals surface area contributed by atoms with Crippen LogP contribution in [0.2, 0.25) is 0 Å². The van der Waals surface area contributed by atoms with Gasteiger partial charge in [0.05, 0.1) is 23.8 Å². The summed E-state index contributed by atoms with van der Waals surface area (Å²) in [7, 11) is 0. The van der Waals surface area contributed by atoms with Crippen molar-refractivity contribution in [1.29, 1.82) is 0 Å². The van der Waals surface area contributed by atoms with Gasteiger partial charge in [-0.2, -0.15) is 0 Å². The van der Waals surface area contributed by atoms with Gasteiger partial charge < -0.3 is 15.2 Å². The smallest absolute Gasteiger partial charge is 0.137 e. The third-order valence-corrected chi connectivity index (χ3v) is 3.25. The fourth-order valence-corrected chi connectivity index (χ4v) is 2.24. The highest BCUT2D eigenvalue weighted by molar-refractivity contribution is 5.46. The zero-order chi connectivity index (χ0) is 14.6. The Morgan fingerprint density at radius 1 is 1.50 bits per heavy atom. The zero-order valence-corrected chi connectivity index (χ0v) is 11.9. The Morgan fingerprint density at radius 3 is 2.95 bits per heavy atom. The topological polar surface area (TPSA) is 44.5 Å². The minimum absolute atomic E-state index is 0.0450. The summed E-state index contributed by atoms with van der Waals surface area (Å²) in [6, 6.07) is 4.32. The predicted octanol–water partition coefficient (Wildman–Crippen LogP) is 2.47. The maximum Gasteiger partial charge on any atom is 0.137 e. The summed E-state index contributed by atoms with van der Waals surface area (Å²) < 4.78 is 24.8. The van der Waals surface area contributed by atoms with Gasteiger partial charge in [0.2, 0.25) is 0 Å². The second kappa shape index (κ2) is 6.25. The van der Waals surface area contributed by atoms with Gasteiger partial charge in [-0.1, -0.05) is 11.8 Å². The van der Waals surface area contributed by atoms with Crippen LogP contribution in [0.5, 0.6) is 5.75 Å². The number of nitrogens with two attached hydrogens (primary N) is 1. The van der Waals surface area contributed by atoms with Crippen molar-refractivity contribution in [3.63, 3.8) is 0 Å². The molecule has 0 saturated carbocycles. The van der Waals surface area contributed by atoms with E-state index in [4.69, 9.17) is 15.2 Å². The highest BCUT2D eigenvalue weighted by atomic mass is 19.1. The minimum Gasteiger partial charge on any atom is -0.489 e. The van der Waals surface area contributed by atoms with E-state index in [9.17, 15) is 4.39 Å². The summed E-state index contributed by atoms with van der Waals surface area (Å²) in [5, 5.41) is 0. The number of ether oxygens (including phenoxy) is 2. The lowest BCUT2D eigenvalue weighted by Gasteiger charge is -2.19. The fourth-order valence-electron chi connectivity index (χ4n) is 2.24. The predicted molar refractivity (Wildman–Crippen MR) is 76.0 cm³/mol. The van der Waals surface area contributed by atoms with Crippen LogP contribution in [0.4, 0.5) is 4.39 Å². The van der Waals surface area contributed by atoms with Gasteiger partial charge in [0.25, 0.3) is 0 Å². The van der Waals surface area contributed by atoms with Gasteiger partial charge in [0.1, 0.15) is 18.2 Å². The summed E-state index contributed by atoms with van der Waals surface area (Å²) in [6.07, 6.45) is 2.00. The second-order valence-electron chi connectivity index (χ2n) is 5.50. The summed E-state index contributed by atoms with van der Waals surface area (Å²) >= 11 is 0. The highest BCUT2D eigenvalue weighted by Crippen LogP contribution is 2.30. The third-order valence-electron chi connectivity index (χ3n) is 3.25. The lowest BCUT2D eigenvalue weighted by Crippen LogP contribution is -2.24. The van der Waals surface area contributed by atoms with E-state index in [1.807, 2.05) is 0 Å². The van der Waals surface area contributed by atoms with Crippen molar-refractivity contribution >= 4 is 0 Å². The molecule has 1 heterocycles. The van der Waals surface area contributed by atoms with Crippen LogP contribution in [0.25, 0.3) is 0 Å². The van der Waals surface area contributed by atoms with E-state index in [-0.39, 0.29) is 24.1 Å². The van der Waals surface area contributed by atoms with Gasteiger partial charge >= 0.3 is 0 Å². The highest BCUT2D eigenvalue weighted by Gasteiger charge is 2.32. The van der Waals surface area contributed by atoms with Gasteiger partial charge in [0.15, 0.2) is 0 Å². The average molecular weight is 277 g/mol. The molecule has 3 nitrogen and oxygen atoms in total. The first-order chi connectivity index (χ1) is 9.50. The minimum atomic E-state index is -0.342. The van der Waals surface area contributed by atoms with E-state index in [0.717, 1.165) is 12.8 Å².